The van der Waals surface area contributed by atoms with E-state index >= 15 is 0 Å². The molecule has 2 heterocycles. The Balaban J connectivity index is 0.00000145. The summed E-state index contributed by atoms with van der Waals surface area (Å²) in [5.74, 6) is 0.394. The molecule has 3 aromatic rings. The third-order valence-corrected chi connectivity index (χ3v) is 4.37. The highest BCUT2D eigenvalue weighted by molar-refractivity contribution is 6.11. The van der Waals surface area contributed by atoms with Gasteiger partial charge in [-0.15, -0.1) is 0 Å². The van der Waals surface area contributed by atoms with Crippen LogP contribution in [-0.4, -0.2) is 46.5 Å². The largest absolute Gasteiger partial charge is 0.491 e. The van der Waals surface area contributed by atoms with Crippen LogP contribution < -0.4 is 26.0 Å². The Bertz CT molecular complexity index is 1110. The Morgan fingerprint density at radius 1 is 1.11 bits per heavy atom. The fourth-order valence-corrected chi connectivity index (χ4v) is 3.07. The van der Waals surface area contributed by atoms with Crippen molar-refractivity contribution < 1.29 is 14.3 Å². The van der Waals surface area contributed by atoms with Crippen LogP contribution in [0.3, 0.4) is 0 Å². The first-order chi connectivity index (χ1) is 16.8. The summed E-state index contributed by atoms with van der Waals surface area (Å²) in [5.41, 5.74) is 2.13. The average molecular weight is 486 g/mol. The van der Waals surface area contributed by atoms with Crippen molar-refractivity contribution >= 4 is 34.5 Å². The molecule has 0 atom stereocenters. The Labute approximate surface area is 207 Å². The van der Waals surface area contributed by atoms with Gasteiger partial charge in [0.15, 0.2) is 5.65 Å². The number of benzene rings is 1. The minimum atomic E-state index is -0.658. The van der Waals surface area contributed by atoms with Crippen molar-refractivity contribution in [3.05, 3.63) is 41.6 Å². The van der Waals surface area contributed by atoms with Crippen molar-refractivity contribution in [3.63, 3.8) is 0 Å². The average Bonchev–Trinajstić information content (AvgIpc) is 3.11. The number of pyridine rings is 1. The molecule has 10 heteroatoms. The summed E-state index contributed by atoms with van der Waals surface area (Å²) < 4.78 is 7.27. The molecule has 2 aromatic heterocycles. The van der Waals surface area contributed by atoms with Gasteiger partial charge in [0.05, 0.1) is 24.0 Å². The van der Waals surface area contributed by atoms with Crippen LogP contribution in [0.4, 0.5) is 16.3 Å². The highest BCUT2D eigenvalue weighted by Gasteiger charge is 2.19. The third kappa shape index (κ3) is 8.25. The number of aromatic nitrogens is 3. The number of hydrogen-bond donors (Lipinski definition) is 4. The molecule has 35 heavy (non-hydrogen) atoms. The number of nitrogens with zero attached hydrogens (tertiary/aromatic N) is 3. The highest BCUT2D eigenvalue weighted by Crippen LogP contribution is 2.23. The van der Waals surface area contributed by atoms with Crippen LogP contribution >= 0.6 is 0 Å². The van der Waals surface area contributed by atoms with Gasteiger partial charge in [0.2, 0.25) is 0 Å². The normalized spacial score (nSPS) is 10.0. The van der Waals surface area contributed by atoms with E-state index in [0.717, 1.165) is 11.1 Å². The second-order valence-electron chi connectivity index (χ2n) is 7.27. The van der Waals surface area contributed by atoms with E-state index in [1.807, 2.05) is 48.5 Å². The van der Waals surface area contributed by atoms with E-state index in [1.54, 1.807) is 49.1 Å². The summed E-state index contributed by atoms with van der Waals surface area (Å²) >= 11 is 0. The molecule has 192 valence electrons. The van der Waals surface area contributed by atoms with Gasteiger partial charge < -0.3 is 20.7 Å². The molecule has 0 radical (unpaired) electrons. The van der Waals surface area contributed by atoms with E-state index in [0.29, 0.717) is 29.6 Å². The standard InChI is InChI=1S/C21H27N7O3.2C2H6/c1-12(2)31-15-8-6-7-14(9-15)24-21(30)26-20(29)17-10-16-13(3)27-28(5)19(16)25-18(17)23-11-22-4;2*1-2/h6-10,12,22H,11H2,1-5H3,(H,23,25)(H2,24,26,29,30);2*1-2H3. The first-order valence-electron chi connectivity index (χ1n) is 11.9. The molecule has 0 fully saturated rings. The van der Waals surface area contributed by atoms with Gasteiger partial charge in [-0.25, -0.2) is 9.78 Å². The van der Waals surface area contributed by atoms with Crippen molar-refractivity contribution in [2.24, 2.45) is 7.05 Å². The number of carbonyl (C=O) groups excluding carboxylic acids is 2. The fraction of sp³-hybridized carbons (Fsp3) is 0.440. The Kier molecular flexibility index (Phi) is 12.2. The Morgan fingerprint density at radius 2 is 1.80 bits per heavy atom. The van der Waals surface area contributed by atoms with Gasteiger partial charge in [-0.1, -0.05) is 33.8 Å². The Morgan fingerprint density at radius 3 is 2.43 bits per heavy atom. The predicted molar refractivity (Wildman–Crippen MR) is 142 cm³/mol. The van der Waals surface area contributed by atoms with Crippen LogP contribution in [0.5, 0.6) is 5.75 Å². The second-order valence-corrected chi connectivity index (χ2v) is 7.27. The summed E-state index contributed by atoms with van der Waals surface area (Å²) in [7, 11) is 3.55. The number of amides is 3. The summed E-state index contributed by atoms with van der Waals surface area (Å²) in [6.07, 6.45) is 0.00698. The molecular weight excluding hydrogens is 446 g/mol. The predicted octanol–water partition coefficient (Wildman–Crippen LogP) is 4.67. The number of urea groups is 1. The van der Waals surface area contributed by atoms with Crippen LogP contribution in [0.15, 0.2) is 30.3 Å². The summed E-state index contributed by atoms with van der Waals surface area (Å²) in [6, 6.07) is 7.99. The maximum absolute atomic E-state index is 12.9. The van der Waals surface area contributed by atoms with Gasteiger partial charge in [0.1, 0.15) is 11.6 Å². The zero-order valence-electron chi connectivity index (χ0n) is 22.2. The van der Waals surface area contributed by atoms with Crippen LogP contribution in [0.25, 0.3) is 11.0 Å². The molecule has 0 unspecified atom stereocenters. The van der Waals surface area contributed by atoms with E-state index in [-0.39, 0.29) is 11.7 Å². The van der Waals surface area contributed by atoms with Crippen LogP contribution in [0.1, 0.15) is 57.6 Å². The van der Waals surface area contributed by atoms with Crippen molar-refractivity contribution in [1.29, 1.82) is 0 Å². The van der Waals surface area contributed by atoms with Crippen molar-refractivity contribution in [2.75, 3.05) is 24.3 Å². The molecule has 0 bridgehead atoms. The van der Waals surface area contributed by atoms with Gasteiger partial charge >= 0.3 is 6.03 Å². The number of fused-ring (bicyclic) bond motifs is 1. The van der Waals surface area contributed by atoms with E-state index < -0.39 is 11.9 Å². The van der Waals surface area contributed by atoms with Crippen molar-refractivity contribution in [1.82, 2.24) is 25.4 Å². The number of hydrogen-bond acceptors (Lipinski definition) is 7. The lowest BCUT2D eigenvalue weighted by atomic mass is 10.1. The van der Waals surface area contributed by atoms with Crippen LogP contribution in [-0.2, 0) is 7.05 Å². The van der Waals surface area contributed by atoms with E-state index in [9.17, 15) is 9.59 Å². The zero-order chi connectivity index (χ0) is 26.5. The maximum Gasteiger partial charge on any atom is 0.326 e. The van der Waals surface area contributed by atoms with Crippen LogP contribution in [0, 0.1) is 6.92 Å². The molecule has 0 spiro atoms. The molecule has 0 aliphatic heterocycles. The van der Waals surface area contributed by atoms with Crippen molar-refractivity contribution in [2.45, 2.75) is 54.6 Å². The maximum atomic E-state index is 12.9. The monoisotopic (exact) mass is 485 g/mol. The fourth-order valence-electron chi connectivity index (χ4n) is 3.07. The van der Waals surface area contributed by atoms with Gasteiger partial charge in [-0.05, 0) is 46.0 Å². The van der Waals surface area contributed by atoms with Gasteiger partial charge in [0, 0.05) is 24.2 Å². The third-order valence-electron chi connectivity index (χ3n) is 4.37. The minimum Gasteiger partial charge on any atom is -0.491 e. The number of imide groups is 1. The van der Waals surface area contributed by atoms with Gasteiger partial charge in [-0.3, -0.25) is 14.8 Å². The molecule has 10 nitrogen and oxygen atoms in total. The lowest BCUT2D eigenvalue weighted by molar-refractivity contribution is 0.0967. The number of aryl methyl sites for hydroxylation is 2. The smallest absolute Gasteiger partial charge is 0.326 e. The number of carbonyl (C=O) groups is 2. The van der Waals surface area contributed by atoms with E-state index in [2.05, 4.69) is 31.3 Å². The Hall–Kier alpha value is -3.66. The van der Waals surface area contributed by atoms with E-state index in [1.165, 1.54) is 0 Å². The molecule has 0 saturated heterocycles. The summed E-state index contributed by atoms with van der Waals surface area (Å²) in [6.45, 7) is 14.1. The molecular formula is C25H39N7O3. The lowest BCUT2D eigenvalue weighted by Gasteiger charge is -2.13. The summed E-state index contributed by atoms with van der Waals surface area (Å²) in [5, 5.41) is 16.1. The van der Waals surface area contributed by atoms with E-state index in [4.69, 9.17) is 4.74 Å². The van der Waals surface area contributed by atoms with Gasteiger partial charge in [-0.2, -0.15) is 5.10 Å². The van der Waals surface area contributed by atoms with Crippen molar-refractivity contribution in [3.8, 4) is 5.75 Å². The number of ether oxygens (including phenoxy) is 1. The SMILES string of the molecule is CC.CC.CNCNc1nc2c(cc1C(=O)NC(=O)Nc1cccc(OC(C)C)c1)c(C)nn2C. The summed E-state index contributed by atoms with van der Waals surface area (Å²) in [4.78, 5) is 29.8. The zero-order valence-corrected chi connectivity index (χ0v) is 22.2. The molecule has 0 saturated carbocycles. The second kappa shape index (κ2) is 14.6. The molecule has 4 N–H and O–H groups in total. The number of anilines is 2. The van der Waals surface area contributed by atoms with Crippen LogP contribution in [0.2, 0.25) is 0 Å². The quantitative estimate of drug-likeness (QED) is 0.359. The first kappa shape index (κ1) is 29.4. The first-order valence-corrected chi connectivity index (χ1v) is 11.9. The minimum absolute atomic E-state index is 0.00698. The topological polar surface area (TPSA) is 122 Å². The lowest BCUT2D eigenvalue weighted by Crippen LogP contribution is -2.35. The molecule has 0 aliphatic carbocycles. The molecule has 3 amide bonds. The van der Waals surface area contributed by atoms with Gasteiger partial charge in [0.25, 0.3) is 5.91 Å². The molecule has 3 rings (SSSR count). The number of rotatable bonds is 7. The highest BCUT2D eigenvalue weighted by atomic mass is 16.5. The number of nitrogens with one attached hydrogen (secondary N) is 4. The molecule has 0 aliphatic rings. The molecule has 1 aromatic carbocycles.